The number of sulfone groups is 1. The second-order valence-electron chi connectivity index (χ2n) is 5.99. The zero-order valence-electron chi connectivity index (χ0n) is 13.7. The molecule has 1 amide bonds. The number of amides is 1. The second-order valence-corrected chi connectivity index (χ2v) is 8.60. The van der Waals surface area contributed by atoms with Gasteiger partial charge in [-0.3, -0.25) is 4.79 Å². The molecule has 2 heterocycles. The van der Waals surface area contributed by atoms with Crippen LogP contribution in [-0.4, -0.2) is 57.9 Å². The Bertz CT molecular complexity index is 936. The molecule has 26 heavy (non-hydrogen) atoms. The maximum atomic E-state index is 13.0. The van der Waals surface area contributed by atoms with Crippen molar-refractivity contribution in [2.75, 3.05) is 6.54 Å². The van der Waals surface area contributed by atoms with Gasteiger partial charge in [-0.25, -0.2) is 17.9 Å². The van der Waals surface area contributed by atoms with Gasteiger partial charge in [-0.15, -0.1) is 0 Å². The van der Waals surface area contributed by atoms with Crippen molar-refractivity contribution in [3.8, 4) is 5.69 Å². The average Bonchev–Trinajstić information content (AvgIpc) is 3.24. The van der Waals surface area contributed by atoms with Gasteiger partial charge in [-0.1, -0.05) is 11.6 Å². The predicted molar refractivity (Wildman–Crippen MR) is 93.0 cm³/mol. The third-order valence-corrected chi connectivity index (χ3v) is 6.99. The molecule has 2 atom stereocenters. The molecule has 0 aliphatic carbocycles. The van der Waals surface area contributed by atoms with Crippen LogP contribution in [0.2, 0.25) is 5.02 Å². The highest BCUT2D eigenvalue weighted by Crippen LogP contribution is 2.32. The van der Waals surface area contributed by atoms with Crippen LogP contribution >= 0.6 is 11.6 Å². The number of aliphatic carboxylic acids is 1. The summed E-state index contributed by atoms with van der Waals surface area (Å²) in [6, 6.07) is 4.99. The quantitative estimate of drug-likeness (QED) is 0.834. The Morgan fingerprint density at radius 2 is 2.08 bits per heavy atom. The molecule has 2 aromatic rings. The fourth-order valence-corrected chi connectivity index (χ4v) is 5.31. The van der Waals surface area contributed by atoms with Crippen molar-refractivity contribution in [1.82, 2.24) is 14.7 Å². The van der Waals surface area contributed by atoms with Crippen LogP contribution in [0.3, 0.4) is 0 Å². The van der Waals surface area contributed by atoms with Crippen molar-refractivity contribution >= 4 is 33.3 Å². The molecule has 138 valence electrons. The van der Waals surface area contributed by atoms with Crippen LogP contribution in [0.4, 0.5) is 0 Å². The van der Waals surface area contributed by atoms with Crippen molar-refractivity contribution in [2.45, 2.75) is 29.5 Å². The maximum absolute atomic E-state index is 13.0. The van der Waals surface area contributed by atoms with Crippen molar-refractivity contribution in [3.05, 3.63) is 41.7 Å². The molecule has 1 aromatic carbocycles. The Morgan fingerprint density at radius 3 is 2.58 bits per heavy atom. The molecule has 2 unspecified atom stereocenters. The maximum Gasteiger partial charge on any atom is 0.326 e. The zero-order valence-corrected chi connectivity index (χ0v) is 15.3. The van der Waals surface area contributed by atoms with Gasteiger partial charge in [0.2, 0.25) is 5.91 Å². The molecule has 8 nitrogen and oxygen atoms in total. The molecule has 1 aromatic heterocycles. The molecule has 10 heteroatoms. The van der Waals surface area contributed by atoms with Gasteiger partial charge >= 0.3 is 5.97 Å². The van der Waals surface area contributed by atoms with Crippen molar-refractivity contribution in [3.63, 3.8) is 0 Å². The summed E-state index contributed by atoms with van der Waals surface area (Å²) >= 11 is 6.19. The molecular weight excluding hydrogens is 382 g/mol. The van der Waals surface area contributed by atoms with E-state index < -0.39 is 33.0 Å². The molecule has 1 N–H and O–H groups in total. The lowest BCUT2D eigenvalue weighted by Gasteiger charge is -2.19. The number of carbonyl (C=O) groups is 2. The number of benzene rings is 1. The second kappa shape index (κ2) is 6.73. The summed E-state index contributed by atoms with van der Waals surface area (Å²) in [4.78, 5) is 24.0. The lowest BCUT2D eigenvalue weighted by Crippen LogP contribution is -2.39. The Labute approximate surface area is 154 Å². The van der Waals surface area contributed by atoms with E-state index >= 15 is 0 Å². The minimum absolute atomic E-state index is 0.0196. The summed E-state index contributed by atoms with van der Waals surface area (Å²) in [7, 11) is -3.91. The summed E-state index contributed by atoms with van der Waals surface area (Å²) in [6.07, 6.45) is 3.10. The van der Waals surface area contributed by atoms with Gasteiger partial charge in [-0.2, -0.15) is 5.10 Å². The molecule has 1 aliphatic rings. The molecule has 1 fully saturated rings. The van der Waals surface area contributed by atoms with E-state index in [4.69, 9.17) is 11.6 Å². The Kier molecular flexibility index (Phi) is 4.76. The molecule has 0 radical (unpaired) electrons. The lowest BCUT2D eigenvalue weighted by atomic mass is 10.2. The fourth-order valence-electron chi connectivity index (χ4n) is 3.07. The number of hydrogen-bond donors (Lipinski definition) is 1. The van der Waals surface area contributed by atoms with E-state index in [1.54, 1.807) is 24.5 Å². The smallest absolute Gasteiger partial charge is 0.326 e. The molecule has 1 aliphatic heterocycles. The third-order valence-electron chi connectivity index (χ3n) is 4.38. The van der Waals surface area contributed by atoms with E-state index in [2.05, 4.69) is 5.10 Å². The van der Waals surface area contributed by atoms with Gasteiger partial charge in [0.25, 0.3) is 0 Å². The van der Waals surface area contributed by atoms with Crippen LogP contribution in [-0.2, 0) is 19.4 Å². The molecule has 0 bridgehead atoms. The molecule has 0 spiro atoms. The average molecular weight is 398 g/mol. The van der Waals surface area contributed by atoms with Gasteiger partial charge in [0, 0.05) is 25.9 Å². The van der Waals surface area contributed by atoms with E-state index in [0.717, 1.165) is 4.90 Å². The third kappa shape index (κ3) is 3.19. The van der Waals surface area contributed by atoms with Gasteiger partial charge < -0.3 is 10.0 Å². The van der Waals surface area contributed by atoms with E-state index in [9.17, 15) is 23.1 Å². The van der Waals surface area contributed by atoms with E-state index in [-0.39, 0.29) is 22.9 Å². The van der Waals surface area contributed by atoms with Crippen molar-refractivity contribution in [1.29, 1.82) is 0 Å². The molecular formula is C16H16ClN3O5S. The largest absolute Gasteiger partial charge is 0.480 e. The molecule has 1 saturated heterocycles. The highest BCUT2D eigenvalue weighted by atomic mass is 35.5. The first-order chi connectivity index (χ1) is 12.2. The van der Waals surface area contributed by atoms with E-state index in [1.165, 1.54) is 23.7 Å². The minimum atomic E-state index is -3.91. The summed E-state index contributed by atoms with van der Waals surface area (Å²) in [5.74, 6) is -1.70. The van der Waals surface area contributed by atoms with Crippen LogP contribution in [0.15, 0.2) is 41.6 Å². The van der Waals surface area contributed by atoms with Gasteiger partial charge in [0.15, 0.2) is 9.84 Å². The first-order valence-electron chi connectivity index (χ1n) is 7.75. The van der Waals surface area contributed by atoms with Crippen molar-refractivity contribution < 1.29 is 23.1 Å². The van der Waals surface area contributed by atoms with Crippen LogP contribution in [0.1, 0.15) is 13.3 Å². The van der Waals surface area contributed by atoms with Crippen molar-refractivity contribution in [2.24, 2.45) is 0 Å². The zero-order chi connectivity index (χ0) is 19.1. The summed E-state index contributed by atoms with van der Waals surface area (Å²) in [5, 5.41) is 12.3. The normalized spacial score (nSPS) is 20.3. The fraction of sp³-hybridized carbons (Fsp3) is 0.312. The summed E-state index contributed by atoms with van der Waals surface area (Å²) < 4.78 is 27.4. The van der Waals surface area contributed by atoms with E-state index in [1.807, 2.05) is 0 Å². The number of rotatable bonds is 4. The number of halogens is 1. The Balaban J connectivity index is 1.93. The van der Waals surface area contributed by atoms with Crippen LogP contribution in [0.5, 0.6) is 0 Å². The predicted octanol–water partition coefficient (Wildman–Crippen LogP) is 1.37. The van der Waals surface area contributed by atoms with Gasteiger partial charge in [0.05, 0.1) is 20.9 Å². The Morgan fingerprint density at radius 1 is 1.35 bits per heavy atom. The summed E-state index contributed by atoms with van der Waals surface area (Å²) in [5.41, 5.74) is 0.596. The van der Waals surface area contributed by atoms with E-state index in [0.29, 0.717) is 5.69 Å². The SMILES string of the molecule is CC(=O)N1CC(S(=O)(=O)c2ccc(-n3cccn3)cc2Cl)CC1C(=O)O. The van der Waals surface area contributed by atoms with Crippen LogP contribution in [0, 0.1) is 0 Å². The van der Waals surface area contributed by atoms with Crippen LogP contribution < -0.4 is 0 Å². The first-order valence-corrected chi connectivity index (χ1v) is 9.67. The molecule has 3 rings (SSSR count). The van der Waals surface area contributed by atoms with Gasteiger partial charge in [0.1, 0.15) is 6.04 Å². The minimum Gasteiger partial charge on any atom is -0.480 e. The lowest BCUT2D eigenvalue weighted by molar-refractivity contribution is -0.147. The van der Waals surface area contributed by atoms with Gasteiger partial charge in [-0.05, 0) is 30.7 Å². The summed E-state index contributed by atoms with van der Waals surface area (Å²) in [6.45, 7) is 1.04. The topological polar surface area (TPSA) is 110 Å². The number of hydrogen-bond acceptors (Lipinski definition) is 5. The number of carboxylic acid groups (broad SMARTS) is 1. The standard InChI is InChI=1S/C16H16ClN3O5S/c1-10(21)19-9-12(8-14(19)16(22)23)26(24,25)15-4-3-11(7-13(15)17)20-6-2-5-18-20/h2-7,12,14H,8-9H2,1H3,(H,22,23). The number of carbonyl (C=O) groups excluding carboxylic acids is 1. The number of nitrogens with zero attached hydrogens (tertiary/aromatic N) is 3. The Hall–Kier alpha value is -2.39. The first kappa shape index (κ1) is 18.4. The number of carboxylic acids is 1. The highest BCUT2D eigenvalue weighted by Gasteiger charge is 2.45. The van der Waals surface area contributed by atoms with Crippen LogP contribution in [0.25, 0.3) is 5.69 Å². The molecule has 0 saturated carbocycles. The number of aromatic nitrogens is 2. The monoisotopic (exact) mass is 397 g/mol. The number of likely N-dealkylation sites (tertiary alicyclic amines) is 1. The highest BCUT2D eigenvalue weighted by molar-refractivity contribution is 7.92.